The van der Waals surface area contributed by atoms with Crippen LogP contribution in [0.3, 0.4) is 0 Å². The van der Waals surface area contributed by atoms with Crippen LogP contribution in [0.1, 0.15) is 43.5 Å². The molecule has 1 atom stereocenters. The standard InChI is InChI=1S/C21H34N4O2/c1-16(2)13-19(26)18-7-6-10-25(15-18)21(27)17-8-9-20(22-14-17)24(5)12-11-23(3)4/h8-9,14,16,18H,6-7,10-13,15H2,1-5H3. The maximum Gasteiger partial charge on any atom is 0.255 e. The molecular formula is C21H34N4O2. The van der Waals surface area contributed by atoms with Gasteiger partial charge in [0.25, 0.3) is 5.91 Å². The van der Waals surface area contributed by atoms with Crippen molar-refractivity contribution in [3.05, 3.63) is 23.9 Å². The molecule has 6 heteroatoms. The van der Waals surface area contributed by atoms with Gasteiger partial charge in [-0.1, -0.05) is 13.8 Å². The van der Waals surface area contributed by atoms with E-state index >= 15 is 0 Å². The van der Waals surface area contributed by atoms with E-state index in [0.29, 0.717) is 30.2 Å². The van der Waals surface area contributed by atoms with Crippen molar-refractivity contribution < 1.29 is 9.59 Å². The van der Waals surface area contributed by atoms with Gasteiger partial charge in [0.15, 0.2) is 0 Å². The fraction of sp³-hybridized carbons (Fsp3) is 0.667. The minimum absolute atomic E-state index is 0.0190. The molecule has 0 aliphatic carbocycles. The third kappa shape index (κ3) is 6.31. The van der Waals surface area contributed by atoms with Crippen molar-refractivity contribution in [3.8, 4) is 0 Å². The minimum Gasteiger partial charge on any atom is -0.358 e. The Morgan fingerprint density at radius 3 is 2.56 bits per heavy atom. The number of likely N-dealkylation sites (tertiary alicyclic amines) is 1. The number of ketones is 1. The summed E-state index contributed by atoms with van der Waals surface area (Å²) in [5.41, 5.74) is 0.594. The zero-order valence-corrected chi connectivity index (χ0v) is 17.4. The molecule has 0 saturated carbocycles. The Morgan fingerprint density at radius 2 is 1.96 bits per heavy atom. The van der Waals surface area contributed by atoms with Gasteiger partial charge in [-0.15, -0.1) is 0 Å². The highest BCUT2D eigenvalue weighted by Gasteiger charge is 2.29. The first-order valence-corrected chi connectivity index (χ1v) is 9.91. The van der Waals surface area contributed by atoms with E-state index in [-0.39, 0.29) is 11.8 Å². The molecule has 1 saturated heterocycles. The number of hydrogen-bond acceptors (Lipinski definition) is 5. The Balaban J connectivity index is 1.97. The minimum atomic E-state index is -0.0213. The number of carbonyl (C=O) groups excluding carboxylic acids is 2. The largest absolute Gasteiger partial charge is 0.358 e. The van der Waals surface area contributed by atoms with Crippen molar-refractivity contribution >= 4 is 17.5 Å². The molecule has 1 aliphatic heterocycles. The van der Waals surface area contributed by atoms with Crippen molar-refractivity contribution in [1.29, 1.82) is 0 Å². The molecule has 1 fully saturated rings. The maximum atomic E-state index is 12.8. The van der Waals surface area contributed by atoms with Gasteiger partial charge >= 0.3 is 0 Å². The van der Waals surface area contributed by atoms with Gasteiger partial charge in [-0.2, -0.15) is 0 Å². The molecule has 1 amide bonds. The Bertz CT molecular complexity index is 628. The average Bonchev–Trinajstić information content (AvgIpc) is 2.65. The molecular weight excluding hydrogens is 340 g/mol. The summed E-state index contributed by atoms with van der Waals surface area (Å²) in [7, 11) is 6.09. The van der Waals surface area contributed by atoms with Gasteiger partial charge in [0.1, 0.15) is 11.6 Å². The Hall–Kier alpha value is -1.95. The maximum absolute atomic E-state index is 12.8. The first-order chi connectivity index (χ1) is 12.8. The van der Waals surface area contributed by atoms with Crippen LogP contribution in [0.15, 0.2) is 18.3 Å². The molecule has 150 valence electrons. The SMILES string of the molecule is CC(C)CC(=O)C1CCCN(C(=O)c2ccc(N(C)CCN(C)C)nc2)C1. The second-order valence-electron chi connectivity index (χ2n) is 8.28. The van der Waals surface area contributed by atoms with Gasteiger partial charge in [0.2, 0.25) is 0 Å². The number of likely N-dealkylation sites (N-methyl/N-ethyl adjacent to an activating group) is 2. The zero-order chi connectivity index (χ0) is 20.0. The summed E-state index contributed by atoms with van der Waals surface area (Å²) in [5.74, 6) is 1.47. The number of amides is 1. The van der Waals surface area contributed by atoms with Crippen LogP contribution in [-0.2, 0) is 4.79 Å². The lowest BCUT2D eigenvalue weighted by molar-refractivity contribution is -0.124. The molecule has 1 aliphatic rings. The second-order valence-corrected chi connectivity index (χ2v) is 8.28. The Morgan fingerprint density at radius 1 is 1.22 bits per heavy atom. The Labute approximate surface area is 163 Å². The highest BCUT2D eigenvalue weighted by atomic mass is 16.2. The van der Waals surface area contributed by atoms with Gasteiger partial charge in [0.05, 0.1) is 5.56 Å². The van der Waals surface area contributed by atoms with Crippen LogP contribution in [0, 0.1) is 11.8 Å². The summed E-state index contributed by atoms with van der Waals surface area (Å²) in [6.07, 6.45) is 4.04. The van der Waals surface area contributed by atoms with Crippen LogP contribution in [0.2, 0.25) is 0 Å². The highest BCUT2D eigenvalue weighted by molar-refractivity contribution is 5.94. The second kappa shape index (κ2) is 9.83. The number of piperidine rings is 1. The lowest BCUT2D eigenvalue weighted by atomic mass is 9.89. The van der Waals surface area contributed by atoms with Crippen molar-refractivity contribution in [2.75, 3.05) is 52.2 Å². The molecule has 1 aromatic heterocycles. The molecule has 0 N–H and O–H groups in total. The van der Waals surface area contributed by atoms with Crippen molar-refractivity contribution in [2.45, 2.75) is 33.1 Å². The smallest absolute Gasteiger partial charge is 0.255 e. The number of rotatable bonds is 8. The van der Waals surface area contributed by atoms with Gasteiger partial charge in [-0.05, 0) is 45.0 Å². The molecule has 1 aromatic rings. The van der Waals surface area contributed by atoms with Crippen LogP contribution in [0.5, 0.6) is 0 Å². The summed E-state index contributed by atoms with van der Waals surface area (Å²) >= 11 is 0. The lowest BCUT2D eigenvalue weighted by Gasteiger charge is -2.32. The zero-order valence-electron chi connectivity index (χ0n) is 17.4. The van der Waals surface area contributed by atoms with Gasteiger partial charge in [0, 0.05) is 51.8 Å². The average molecular weight is 375 g/mol. The van der Waals surface area contributed by atoms with E-state index in [0.717, 1.165) is 38.3 Å². The molecule has 0 spiro atoms. The fourth-order valence-corrected chi connectivity index (χ4v) is 3.38. The van der Waals surface area contributed by atoms with Gasteiger partial charge in [-0.25, -0.2) is 4.98 Å². The molecule has 27 heavy (non-hydrogen) atoms. The third-order valence-electron chi connectivity index (χ3n) is 5.04. The number of carbonyl (C=O) groups is 2. The topological polar surface area (TPSA) is 56.8 Å². The first kappa shape index (κ1) is 21.4. The number of aromatic nitrogens is 1. The van der Waals surface area contributed by atoms with E-state index in [4.69, 9.17) is 0 Å². The third-order valence-corrected chi connectivity index (χ3v) is 5.04. The van der Waals surface area contributed by atoms with Gasteiger partial charge < -0.3 is 14.7 Å². The number of anilines is 1. The molecule has 2 rings (SSSR count). The summed E-state index contributed by atoms with van der Waals surface area (Å²) in [4.78, 5) is 35.7. The van der Waals surface area contributed by atoms with Crippen LogP contribution in [-0.4, -0.2) is 73.8 Å². The van der Waals surface area contributed by atoms with E-state index in [2.05, 4.69) is 28.6 Å². The van der Waals surface area contributed by atoms with Crippen LogP contribution in [0.25, 0.3) is 0 Å². The number of hydrogen-bond donors (Lipinski definition) is 0. The molecule has 0 bridgehead atoms. The summed E-state index contributed by atoms with van der Waals surface area (Å²) in [6, 6.07) is 3.74. The number of pyridine rings is 1. The van der Waals surface area contributed by atoms with Crippen LogP contribution in [0.4, 0.5) is 5.82 Å². The molecule has 0 radical (unpaired) electrons. The number of nitrogens with zero attached hydrogens (tertiary/aromatic N) is 4. The van der Waals surface area contributed by atoms with E-state index < -0.39 is 0 Å². The fourth-order valence-electron chi connectivity index (χ4n) is 3.38. The highest BCUT2D eigenvalue weighted by Crippen LogP contribution is 2.22. The van der Waals surface area contributed by atoms with Crippen LogP contribution >= 0.6 is 0 Å². The van der Waals surface area contributed by atoms with Gasteiger partial charge in [-0.3, -0.25) is 9.59 Å². The normalized spacial score (nSPS) is 17.4. The van der Waals surface area contributed by atoms with E-state index in [9.17, 15) is 9.59 Å². The van der Waals surface area contributed by atoms with E-state index in [1.54, 1.807) is 6.20 Å². The summed E-state index contributed by atoms with van der Waals surface area (Å²) in [6.45, 7) is 7.19. The Kier molecular flexibility index (Phi) is 7.78. The van der Waals surface area contributed by atoms with Crippen molar-refractivity contribution in [1.82, 2.24) is 14.8 Å². The summed E-state index contributed by atoms with van der Waals surface area (Å²) < 4.78 is 0. The number of Topliss-reactive ketones (excluding diaryl/α,β-unsaturated/α-hetero) is 1. The predicted molar refractivity (Wildman–Crippen MR) is 109 cm³/mol. The van der Waals surface area contributed by atoms with Crippen molar-refractivity contribution in [3.63, 3.8) is 0 Å². The monoisotopic (exact) mass is 374 g/mol. The molecule has 0 aromatic carbocycles. The van der Waals surface area contributed by atoms with E-state index in [1.165, 1.54) is 0 Å². The molecule has 1 unspecified atom stereocenters. The summed E-state index contributed by atoms with van der Waals surface area (Å²) in [5, 5.41) is 0. The van der Waals surface area contributed by atoms with E-state index in [1.807, 2.05) is 38.2 Å². The molecule has 6 nitrogen and oxygen atoms in total. The molecule has 2 heterocycles. The lowest BCUT2D eigenvalue weighted by Crippen LogP contribution is -2.42. The predicted octanol–water partition coefficient (Wildman–Crippen LogP) is 2.55. The quantitative estimate of drug-likeness (QED) is 0.700. The first-order valence-electron chi connectivity index (χ1n) is 9.91. The van der Waals surface area contributed by atoms with Crippen LogP contribution < -0.4 is 4.90 Å². The van der Waals surface area contributed by atoms with Crippen molar-refractivity contribution in [2.24, 2.45) is 11.8 Å².